The number of ether oxygens (including phenoxy) is 2. The maximum atomic E-state index is 12.5. The molecule has 0 heterocycles. The molecule has 166 valence electrons. The first kappa shape index (κ1) is 25.2. The van der Waals surface area contributed by atoms with Crippen LogP contribution in [-0.4, -0.2) is 30.1 Å². The molecule has 0 aliphatic rings. The average Bonchev–Trinajstić information content (AvgIpc) is 2.61. The molecule has 2 aromatic carbocycles. The van der Waals surface area contributed by atoms with Crippen molar-refractivity contribution in [2.45, 2.75) is 23.9 Å². The quantitative estimate of drug-likeness (QED) is 0.262. The van der Waals surface area contributed by atoms with Crippen molar-refractivity contribution in [3.63, 3.8) is 0 Å². The molecule has 0 aliphatic carbocycles. The summed E-state index contributed by atoms with van der Waals surface area (Å²) in [6.45, 7) is -2.92. The molecule has 0 N–H and O–H groups in total. The molecule has 0 bridgehead atoms. The summed E-state index contributed by atoms with van der Waals surface area (Å²) in [5, 5.41) is 0. The largest absolute Gasteiger partial charge is 0.616 e. The lowest BCUT2D eigenvalue weighted by Gasteiger charge is -2.15. The lowest BCUT2D eigenvalue weighted by molar-refractivity contribution is -0.154. The summed E-state index contributed by atoms with van der Waals surface area (Å²) in [7, 11) is 0. The monoisotopic (exact) mass is 582 g/mol. The molecule has 2 aromatic rings. The minimum Gasteiger partial charge on any atom is -0.616 e. The second-order valence-corrected chi connectivity index (χ2v) is 9.23. The normalized spacial score (nSPS) is 12.3. The van der Waals surface area contributed by atoms with Gasteiger partial charge in [-0.1, -0.05) is 12.1 Å². The number of rotatable bonds is 8. The molecule has 0 fully saturated rings. The summed E-state index contributed by atoms with van der Waals surface area (Å²) >= 11 is 4.71. The van der Waals surface area contributed by atoms with Gasteiger partial charge in [0.25, 0.3) is 0 Å². The molecule has 0 spiro atoms. The number of hydrogen-bond acceptors (Lipinski definition) is 3. The molecule has 0 unspecified atom stereocenters. The van der Waals surface area contributed by atoms with Crippen molar-refractivity contribution >= 4 is 43.0 Å². The van der Waals surface area contributed by atoms with Crippen LogP contribution in [0.3, 0.4) is 0 Å². The molecule has 2 rings (SSSR count). The van der Waals surface area contributed by atoms with Crippen LogP contribution in [0.15, 0.2) is 45.3 Å². The molecule has 0 amide bonds. The fourth-order valence-electron chi connectivity index (χ4n) is 2.24. The van der Waals surface area contributed by atoms with Gasteiger partial charge in [-0.3, -0.25) is 0 Å². The summed E-state index contributed by atoms with van der Waals surface area (Å²) in [5.74, 6) is -0.0313. The van der Waals surface area contributed by atoms with Gasteiger partial charge in [-0.05, 0) is 67.3 Å². The van der Waals surface area contributed by atoms with E-state index in [1.807, 2.05) is 0 Å². The van der Waals surface area contributed by atoms with E-state index in [2.05, 4.69) is 31.9 Å². The Hall–Kier alpha value is -1.11. The second-order valence-electron chi connectivity index (χ2n) is 6.07. The Morgan fingerprint density at radius 2 is 1.10 bits per heavy atom. The van der Waals surface area contributed by atoms with E-state index in [9.17, 15) is 30.9 Å². The fraction of sp³-hybridized carbons (Fsp3) is 0.333. The van der Waals surface area contributed by atoms with Crippen LogP contribution < -0.4 is 9.47 Å². The van der Waals surface area contributed by atoms with Crippen molar-refractivity contribution in [2.75, 3.05) is 13.2 Å². The lowest BCUT2D eigenvalue weighted by Crippen LogP contribution is -2.19. The molecule has 0 aromatic heterocycles. The zero-order valence-corrected chi connectivity index (χ0v) is 18.9. The third-order valence-electron chi connectivity index (χ3n) is 3.43. The van der Waals surface area contributed by atoms with E-state index in [0.29, 0.717) is 20.1 Å². The average molecular weight is 584 g/mol. The van der Waals surface area contributed by atoms with Gasteiger partial charge in [0.2, 0.25) is 0 Å². The van der Waals surface area contributed by atoms with Gasteiger partial charge in [-0.2, -0.15) is 26.3 Å². The van der Waals surface area contributed by atoms with E-state index < -0.39 is 36.7 Å². The van der Waals surface area contributed by atoms with Gasteiger partial charge in [0.15, 0.2) is 13.2 Å². The first-order chi connectivity index (χ1) is 13.8. The van der Waals surface area contributed by atoms with Gasteiger partial charge in [0.1, 0.15) is 23.0 Å². The Bertz CT molecular complexity index is 791. The van der Waals surface area contributed by atoms with Gasteiger partial charge in [0.05, 0.1) is 8.95 Å². The van der Waals surface area contributed by atoms with E-state index in [1.54, 1.807) is 12.1 Å². The molecule has 12 heteroatoms. The first-order valence-corrected chi connectivity index (χ1v) is 11.2. The minimum absolute atomic E-state index is 0.0183. The van der Waals surface area contributed by atoms with Crippen molar-refractivity contribution in [3.05, 3.63) is 56.5 Å². The summed E-state index contributed by atoms with van der Waals surface area (Å²) < 4.78 is 96.6. The molecule has 0 radical (unpaired) electrons. The molecule has 3 nitrogen and oxygen atoms in total. The van der Waals surface area contributed by atoms with Crippen molar-refractivity contribution in [3.8, 4) is 11.5 Å². The van der Waals surface area contributed by atoms with Crippen molar-refractivity contribution < 1.29 is 40.4 Å². The SMILES string of the molecule is [O-][S+](Cc1ccc(Br)c(OCC(F)(F)F)c1)Cc1ccc(Br)c(OCC(F)(F)F)c1. The van der Waals surface area contributed by atoms with Crippen LogP contribution in [0, 0.1) is 0 Å². The van der Waals surface area contributed by atoms with Crippen LogP contribution in [0.25, 0.3) is 0 Å². The second kappa shape index (κ2) is 10.5. The standard InChI is InChI=1S/C18H14Br2F6O3S/c19-13-3-1-11(5-15(13)28-9-17(21,22)23)7-30(27)8-12-2-4-14(20)16(6-12)29-10-18(24,25)26/h1-6H,7-10H2. The minimum atomic E-state index is -4.49. The van der Waals surface area contributed by atoms with E-state index in [1.165, 1.54) is 24.3 Å². The highest BCUT2D eigenvalue weighted by atomic mass is 79.9. The van der Waals surface area contributed by atoms with Gasteiger partial charge in [0, 0.05) is 11.1 Å². The number of halogens is 8. The highest BCUT2D eigenvalue weighted by Gasteiger charge is 2.29. The number of benzene rings is 2. The fourth-order valence-corrected chi connectivity index (χ4v) is 4.17. The maximum absolute atomic E-state index is 12.5. The van der Waals surface area contributed by atoms with Gasteiger partial charge in [-0.15, -0.1) is 0 Å². The number of hydrogen-bond donors (Lipinski definition) is 0. The predicted octanol–water partition coefficient (Wildman–Crippen LogP) is 6.54. The Balaban J connectivity index is 2.02. The third kappa shape index (κ3) is 8.94. The molecular weight excluding hydrogens is 570 g/mol. The molecule has 0 saturated heterocycles. The molecule has 30 heavy (non-hydrogen) atoms. The van der Waals surface area contributed by atoms with Crippen LogP contribution in [0.1, 0.15) is 11.1 Å². The maximum Gasteiger partial charge on any atom is 0.422 e. The summed E-state index contributed by atoms with van der Waals surface area (Å²) in [4.78, 5) is 0. The summed E-state index contributed by atoms with van der Waals surface area (Å²) in [6, 6.07) is 8.85. The topological polar surface area (TPSA) is 41.5 Å². The summed E-state index contributed by atoms with van der Waals surface area (Å²) in [5.41, 5.74) is 0.971. The van der Waals surface area contributed by atoms with Crippen molar-refractivity contribution in [1.82, 2.24) is 0 Å². The highest BCUT2D eigenvalue weighted by Crippen LogP contribution is 2.31. The van der Waals surface area contributed by atoms with Crippen molar-refractivity contribution in [2.24, 2.45) is 0 Å². The van der Waals surface area contributed by atoms with E-state index in [4.69, 9.17) is 9.47 Å². The van der Waals surface area contributed by atoms with Crippen LogP contribution in [0.4, 0.5) is 26.3 Å². The highest BCUT2D eigenvalue weighted by molar-refractivity contribution is 9.10. The van der Waals surface area contributed by atoms with Crippen molar-refractivity contribution in [1.29, 1.82) is 0 Å². The van der Waals surface area contributed by atoms with Crippen LogP contribution in [-0.2, 0) is 22.7 Å². The zero-order valence-electron chi connectivity index (χ0n) is 14.9. The number of alkyl halides is 6. The van der Waals surface area contributed by atoms with E-state index >= 15 is 0 Å². The molecule has 0 atom stereocenters. The van der Waals surface area contributed by atoms with Crippen LogP contribution in [0.5, 0.6) is 11.5 Å². The van der Waals surface area contributed by atoms with E-state index in [0.717, 1.165) is 0 Å². The third-order valence-corrected chi connectivity index (χ3v) is 6.05. The molecular formula is C18H14Br2F6O3S. The Morgan fingerprint density at radius 3 is 1.43 bits per heavy atom. The van der Waals surface area contributed by atoms with Gasteiger partial charge in [-0.25, -0.2) is 0 Å². The Kier molecular flexibility index (Phi) is 8.78. The van der Waals surface area contributed by atoms with Crippen LogP contribution in [0.2, 0.25) is 0 Å². The lowest BCUT2D eigenvalue weighted by atomic mass is 10.2. The Morgan fingerprint density at radius 1 is 0.733 bits per heavy atom. The van der Waals surface area contributed by atoms with Crippen LogP contribution >= 0.6 is 31.9 Å². The molecule has 0 aliphatic heterocycles. The zero-order chi connectivity index (χ0) is 22.5. The first-order valence-electron chi connectivity index (χ1n) is 8.13. The predicted molar refractivity (Wildman–Crippen MR) is 107 cm³/mol. The summed E-state index contributed by atoms with van der Waals surface area (Å²) in [6.07, 6.45) is -8.99. The van der Waals surface area contributed by atoms with E-state index in [-0.39, 0.29) is 23.0 Å². The smallest absolute Gasteiger partial charge is 0.422 e. The molecule has 0 saturated carbocycles. The van der Waals surface area contributed by atoms with Gasteiger partial charge >= 0.3 is 12.4 Å². The van der Waals surface area contributed by atoms with Gasteiger partial charge < -0.3 is 14.0 Å². The Labute approximate surface area is 188 Å².